The second kappa shape index (κ2) is 6.13. The lowest BCUT2D eigenvalue weighted by Crippen LogP contribution is -2.10. The van der Waals surface area contributed by atoms with Crippen molar-refractivity contribution in [3.05, 3.63) is 65.2 Å². The van der Waals surface area contributed by atoms with Crippen LogP contribution in [-0.2, 0) is 0 Å². The zero-order chi connectivity index (χ0) is 14.7. The first kappa shape index (κ1) is 13.9. The highest BCUT2D eigenvalue weighted by Gasteiger charge is 2.21. The smallest absolute Gasteiger partial charge is 0.196 e. The number of carbonyl (C=O) groups is 1. The van der Waals surface area contributed by atoms with Gasteiger partial charge in [-0.15, -0.1) is 0 Å². The fourth-order valence-corrected chi connectivity index (χ4v) is 2.77. The maximum absolute atomic E-state index is 12.7. The quantitative estimate of drug-likeness (QED) is 0.749. The van der Waals surface area contributed by atoms with E-state index in [1.165, 1.54) is 24.8 Å². The van der Waals surface area contributed by atoms with Crippen molar-refractivity contribution in [2.75, 3.05) is 6.61 Å². The minimum atomic E-state index is 0.0419. The van der Waals surface area contributed by atoms with Gasteiger partial charge in [0.25, 0.3) is 0 Å². The zero-order valence-corrected chi connectivity index (χ0v) is 12.3. The Kier molecular flexibility index (Phi) is 4.05. The van der Waals surface area contributed by atoms with E-state index < -0.39 is 0 Å². The third-order valence-corrected chi connectivity index (χ3v) is 4.16. The Hall–Kier alpha value is -2.09. The maximum Gasteiger partial charge on any atom is 0.196 e. The van der Waals surface area contributed by atoms with Crippen LogP contribution in [0, 0.1) is 0 Å². The summed E-state index contributed by atoms with van der Waals surface area (Å²) >= 11 is 0. The van der Waals surface area contributed by atoms with Gasteiger partial charge in [-0.3, -0.25) is 4.79 Å². The average molecular weight is 280 g/mol. The van der Waals surface area contributed by atoms with E-state index in [2.05, 4.69) is 12.1 Å². The molecular formula is C19H20O2. The van der Waals surface area contributed by atoms with Gasteiger partial charge in [0.05, 0.1) is 12.2 Å². The van der Waals surface area contributed by atoms with Crippen LogP contribution in [0.1, 0.15) is 53.6 Å². The Bertz CT molecular complexity index is 642. The molecule has 0 spiro atoms. The van der Waals surface area contributed by atoms with Gasteiger partial charge >= 0.3 is 0 Å². The summed E-state index contributed by atoms with van der Waals surface area (Å²) in [7, 11) is 0. The summed E-state index contributed by atoms with van der Waals surface area (Å²) in [6.07, 6.45) is 3.79. The van der Waals surface area contributed by atoms with E-state index in [0.717, 1.165) is 5.56 Å². The van der Waals surface area contributed by atoms with Gasteiger partial charge < -0.3 is 4.74 Å². The maximum atomic E-state index is 12.7. The summed E-state index contributed by atoms with van der Waals surface area (Å²) < 4.78 is 5.57. The number of ketones is 1. The first-order valence-electron chi connectivity index (χ1n) is 7.66. The molecule has 2 aromatic rings. The Morgan fingerprint density at radius 1 is 1.14 bits per heavy atom. The first-order valence-corrected chi connectivity index (χ1v) is 7.66. The third-order valence-electron chi connectivity index (χ3n) is 4.16. The van der Waals surface area contributed by atoms with Crippen molar-refractivity contribution in [3.8, 4) is 5.75 Å². The molecule has 108 valence electrons. The first-order chi connectivity index (χ1) is 10.3. The lowest BCUT2D eigenvalue weighted by Gasteiger charge is -2.26. The number of rotatable bonds is 5. The fraction of sp³-hybridized carbons (Fsp3) is 0.316. The molecular weight excluding hydrogens is 260 g/mol. The Morgan fingerprint density at radius 2 is 1.95 bits per heavy atom. The van der Waals surface area contributed by atoms with Crippen LogP contribution >= 0.6 is 0 Å². The highest BCUT2D eigenvalue weighted by atomic mass is 16.5. The largest absolute Gasteiger partial charge is 0.493 e. The van der Waals surface area contributed by atoms with Gasteiger partial charge in [-0.05, 0) is 49.4 Å². The van der Waals surface area contributed by atoms with Crippen LogP contribution in [0.4, 0.5) is 0 Å². The van der Waals surface area contributed by atoms with Crippen LogP contribution in [0.2, 0.25) is 0 Å². The highest BCUT2D eigenvalue weighted by Crippen LogP contribution is 2.36. The Labute approximate surface area is 125 Å². The Morgan fingerprint density at radius 3 is 2.67 bits per heavy atom. The number of hydrogen-bond donors (Lipinski definition) is 0. The van der Waals surface area contributed by atoms with Gasteiger partial charge in [-0.1, -0.05) is 36.8 Å². The molecule has 0 aliphatic heterocycles. The van der Waals surface area contributed by atoms with E-state index in [4.69, 9.17) is 4.74 Å². The summed E-state index contributed by atoms with van der Waals surface area (Å²) in [6.45, 7) is 2.49. The molecule has 0 aromatic heterocycles. The average Bonchev–Trinajstić information content (AvgIpc) is 2.46. The summed E-state index contributed by atoms with van der Waals surface area (Å²) in [5, 5.41) is 0. The van der Waals surface area contributed by atoms with Crippen molar-refractivity contribution < 1.29 is 9.53 Å². The predicted octanol–water partition coefficient (Wildman–Crippen LogP) is 4.58. The van der Waals surface area contributed by atoms with Crippen molar-refractivity contribution in [3.63, 3.8) is 0 Å². The highest BCUT2D eigenvalue weighted by molar-refractivity contribution is 6.10. The minimum Gasteiger partial charge on any atom is -0.493 e. The van der Waals surface area contributed by atoms with Crippen LogP contribution in [0.3, 0.4) is 0 Å². The van der Waals surface area contributed by atoms with Crippen molar-refractivity contribution >= 4 is 5.78 Å². The van der Waals surface area contributed by atoms with E-state index in [-0.39, 0.29) is 5.78 Å². The molecule has 2 heteroatoms. The number of carbonyl (C=O) groups excluding carboxylic acids is 1. The summed E-state index contributed by atoms with van der Waals surface area (Å²) in [4.78, 5) is 12.7. The van der Waals surface area contributed by atoms with Crippen LogP contribution in [0.5, 0.6) is 5.75 Å². The van der Waals surface area contributed by atoms with E-state index in [9.17, 15) is 4.79 Å². The standard InChI is InChI=1S/C19H20O2/c1-2-21-18-12-4-3-11-17(18)19(20)16-10-6-9-15(13-16)14-7-5-8-14/h3-4,6,9-14H,2,5,7-8H2,1H3. The summed E-state index contributed by atoms with van der Waals surface area (Å²) in [6, 6.07) is 15.5. The molecule has 0 atom stereocenters. The van der Waals surface area contributed by atoms with Crippen molar-refractivity contribution in [2.45, 2.75) is 32.1 Å². The summed E-state index contributed by atoms with van der Waals surface area (Å²) in [5.41, 5.74) is 2.69. The fourth-order valence-electron chi connectivity index (χ4n) is 2.77. The van der Waals surface area contributed by atoms with Gasteiger partial charge in [-0.25, -0.2) is 0 Å². The van der Waals surface area contributed by atoms with Crippen LogP contribution in [0.15, 0.2) is 48.5 Å². The molecule has 0 saturated heterocycles. The van der Waals surface area contributed by atoms with Crippen LogP contribution in [-0.4, -0.2) is 12.4 Å². The molecule has 1 fully saturated rings. The molecule has 1 aliphatic rings. The van der Waals surface area contributed by atoms with E-state index in [1.54, 1.807) is 0 Å². The SMILES string of the molecule is CCOc1ccccc1C(=O)c1cccc(C2CCC2)c1. The minimum absolute atomic E-state index is 0.0419. The molecule has 21 heavy (non-hydrogen) atoms. The van der Waals surface area contributed by atoms with Crippen LogP contribution < -0.4 is 4.74 Å². The number of hydrogen-bond acceptors (Lipinski definition) is 2. The molecule has 0 unspecified atom stereocenters. The molecule has 2 nitrogen and oxygen atoms in total. The van der Waals surface area contributed by atoms with E-state index in [1.807, 2.05) is 43.3 Å². The normalized spacial score (nSPS) is 14.5. The topological polar surface area (TPSA) is 26.3 Å². The number of ether oxygens (including phenoxy) is 1. The Balaban J connectivity index is 1.91. The molecule has 0 radical (unpaired) electrons. The molecule has 1 saturated carbocycles. The second-order valence-electron chi connectivity index (χ2n) is 5.51. The van der Waals surface area contributed by atoms with Crippen molar-refractivity contribution in [1.82, 2.24) is 0 Å². The van der Waals surface area contributed by atoms with Gasteiger partial charge in [0.1, 0.15) is 5.75 Å². The van der Waals surface area contributed by atoms with E-state index in [0.29, 0.717) is 23.8 Å². The number of benzene rings is 2. The van der Waals surface area contributed by atoms with E-state index >= 15 is 0 Å². The molecule has 0 bridgehead atoms. The van der Waals surface area contributed by atoms with Gasteiger partial charge in [0.2, 0.25) is 0 Å². The van der Waals surface area contributed by atoms with Crippen molar-refractivity contribution in [1.29, 1.82) is 0 Å². The van der Waals surface area contributed by atoms with Gasteiger partial charge in [0.15, 0.2) is 5.78 Å². The summed E-state index contributed by atoms with van der Waals surface area (Å²) in [5.74, 6) is 1.35. The molecule has 3 rings (SSSR count). The molecule has 1 aliphatic carbocycles. The lowest BCUT2D eigenvalue weighted by atomic mass is 9.79. The molecule has 2 aromatic carbocycles. The number of para-hydroxylation sites is 1. The molecule has 0 amide bonds. The zero-order valence-electron chi connectivity index (χ0n) is 12.3. The van der Waals surface area contributed by atoms with Crippen LogP contribution in [0.25, 0.3) is 0 Å². The second-order valence-corrected chi connectivity index (χ2v) is 5.51. The van der Waals surface area contributed by atoms with Gasteiger partial charge in [-0.2, -0.15) is 0 Å². The predicted molar refractivity (Wildman–Crippen MR) is 84.1 cm³/mol. The molecule has 0 N–H and O–H groups in total. The molecule has 0 heterocycles. The monoisotopic (exact) mass is 280 g/mol. The lowest BCUT2D eigenvalue weighted by molar-refractivity contribution is 0.103. The van der Waals surface area contributed by atoms with Gasteiger partial charge in [0, 0.05) is 5.56 Å². The third kappa shape index (κ3) is 2.85. The van der Waals surface area contributed by atoms with Crippen molar-refractivity contribution in [2.24, 2.45) is 0 Å².